The van der Waals surface area contributed by atoms with Gasteiger partial charge in [-0.25, -0.2) is 0 Å². The Kier molecular flexibility index (Phi) is 5.94. The fourth-order valence-electron chi connectivity index (χ4n) is 3.66. The third-order valence-electron chi connectivity index (χ3n) is 5.14. The van der Waals surface area contributed by atoms with Crippen molar-refractivity contribution < 1.29 is 9.59 Å². The van der Waals surface area contributed by atoms with Crippen molar-refractivity contribution in [1.29, 1.82) is 0 Å². The highest BCUT2D eigenvalue weighted by molar-refractivity contribution is 5.98. The monoisotopic (exact) mass is 364 g/mol. The smallest absolute Gasteiger partial charge is 0.252 e. The summed E-state index contributed by atoms with van der Waals surface area (Å²) in [5.74, 6) is 0.151. The Balaban J connectivity index is 1.75. The molecule has 3 rings (SSSR count). The topological polar surface area (TPSA) is 49.4 Å². The van der Waals surface area contributed by atoms with Crippen LogP contribution >= 0.6 is 0 Å². The molecule has 4 nitrogen and oxygen atoms in total. The summed E-state index contributed by atoms with van der Waals surface area (Å²) in [6.45, 7) is 7.38. The molecule has 0 aliphatic carbocycles. The van der Waals surface area contributed by atoms with Gasteiger partial charge in [0, 0.05) is 18.7 Å². The van der Waals surface area contributed by atoms with Crippen molar-refractivity contribution >= 4 is 11.8 Å². The van der Waals surface area contributed by atoms with E-state index < -0.39 is 6.04 Å². The van der Waals surface area contributed by atoms with Gasteiger partial charge >= 0.3 is 0 Å². The molecule has 27 heavy (non-hydrogen) atoms. The largest absolute Gasteiger partial charge is 0.340 e. The zero-order chi connectivity index (χ0) is 19.4. The number of hydrogen-bond donors (Lipinski definition) is 1. The molecule has 1 heterocycles. The minimum atomic E-state index is -0.498. The number of rotatable bonds is 5. The van der Waals surface area contributed by atoms with Gasteiger partial charge in [-0.1, -0.05) is 56.3 Å². The van der Waals surface area contributed by atoms with E-state index in [0.29, 0.717) is 31.0 Å². The Morgan fingerprint density at radius 3 is 2.41 bits per heavy atom. The van der Waals surface area contributed by atoms with Crippen molar-refractivity contribution in [3.8, 4) is 0 Å². The first-order chi connectivity index (χ1) is 13.0. The number of nitrogens with one attached hydrogen (secondary N) is 1. The second-order valence-electron chi connectivity index (χ2n) is 7.75. The number of benzene rings is 2. The Morgan fingerprint density at radius 2 is 1.70 bits per heavy atom. The molecule has 1 aliphatic heterocycles. The Bertz CT molecular complexity index is 829. The maximum Gasteiger partial charge on any atom is 0.252 e. The molecule has 2 aromatic carbocycles. The Labute approximate surface area is 161 Å². The van der Waals surface area contributed by atoms with Crippen molar-refractivity contribution in [1.82, 2.24) is 10.2 Å². The van der Waals surface area contributed by atoms with E-state index in [9.17, 15) is 9.59 Å². The van der Waals surface area contributed by atoms with E-state index in [1.54, 1.807) is 6.07 Å². The number of aryl methyl sites for hydroxylation is 1. The average Bonchev–Trinajstić information content (AvgIpc) is 2.66. The average molecular weight is 364 g/mol. The summed E-state index contributed by atoms with van der Waals surface area (Å²) in [6, 6.07) is 15.2. The fraction of sp³-hybridized carbons (Fsp3) is 0.391. The summed E-state index contributed by atoms with van der Waals surface area (Å²) < 4.78 is 0. The Hall–Kier alpha value is -2.62. The molecule has 0 radical (unpaired) electrons. The van der Waals surface area contributed by atoms with Crippen molar-refractivity contribution in [3.63, 3.8) is 0 Å². The van der Waals surface area contributed by atoms with Gasteiger partial charge in [-0.3, -0.25) is 9.59 Å². The van der Waals surface area contributed by atoms with Crippen molar-refractivity contribution in [3.05, 3.63) is 70.8 Å². The second-order valence-corrected chi connectivity index (χ2v) is 7.75. The van der Waals surface area contributed by atoms with Gasteiger partial charge in [-0.05, 0) is 48.4 Å². The number of hydrogen-bond acceptors (Lipinski definition) is 2. The predicted octanol–water partition coefficient (Wildman–Crippen LogP) is 3.72. The van der Waals surface area contributed by atoms with Crippen LogP contribution in [0.5, 0.6) is 0 Å². The van der Waals surface area contributed by atoms with Gasteiger partial charge < -0.3 is 10.2 Å². The van der Waals surface area contributed by atoms with E-state index in [2.05, 4.69) is 31.3 Å². The third kappa shape index (κ3) is 4.57. The normalized spacial score (nSPS) is 14.6. The van der Waals surface area contributed by atoms with Crippen LogP contribution in [0.4, 0.5) is 0 Å². The molecule has 142 valence electrons. The van der Waals surface area contributed by atoms with E-state index in [-0.39, 0.29) is 11.8 Å². The van der Waals surface area contributed by atoms with Gasteiger partial charge in [0.15, 0.2) is 0 Å². The molecular formula is C23H28N2O2. The molecule has 1 N–H and O–H groups in total. The minimum Gasteiger partial charge on any atom is -0.340 e. The van der Waals surface area contributed by atoms with Crippen LogP contribution in [0.15, 0.2) is 48.5 Å². The first-order valence-electron chi connectivity index (χ1n) is 9.67. The van der Waals surface area contributed by atoms with Gasteiger partial charge in [-0.2, -0.15) is 0 Å². The molecule has 0 fully saturated rings. The summed E-state index contributed by atoms with van der Waals surface area (Å²) in [5.41, 5.74) is 4.05. The number of carbonyl (C=O) groups excluding carboxylic acids is 2. The lowest BCUT2D eigenvalue weighted by atomic mass is 9.97. The van der Waals surface area contributed by atoms with Crippen LogP contribution < -0.4 is 5.32 Å². The number of carbonyl (C=O) groups is 2. The maximum absolute atomic E-state index is 13.2. The standard InChI is InChI=1S/C23H28N2O2/c1-16(2)14-21(24-22(26)20-11-7-4-8-17(20)3)23(27)25-13-12-18-9-5-6-10-19(18)15-25/h4-11,16,21H,12-15H2,1-3H3,(H,24,26). The third-order valence-corrected chi connectivity index (χ3v) is 5.14. The first kappa shape index (κ1) is 19.2. The molecule has 0 saturated carbocycles. The quantitative estimate of drug-likeness (QED) is 0.879. The number of fused-ring (bicyclic) bond motifs is 1. The lowest BCUT2D eigenvalue weighted by Crippen LogP contribution is -2.50. The molecule has 0 saturated heterocycles. The summed E-state index contributed by atoms with van der Waals surface area (Å²) in [7, 11) is 0. The van der Waals surface area contributed by atoms with E-state index in [4.69, 9.17) is 0 Å². The molecule has 1 atom stereocenters. The highest BCUT2D eigenvalue weighted by atomic mass is 16.2. The van der Waals surface area contributed by atoms with Crippen LogP contribution in [0.3, 0.4) is 0 Å². The van der Waals surface area contributed by atoms with Crippen molar-refractivity contribution in [2.24, 2.45) is 5.92 Å². The lowest BCUT2D eigenvalue weighted by molar-refractivity contribution is -0.134. The molecule has 0 aromatic heterocycles. The van der Waals surface area contributed by atoms with Gasteiger partial charge in [0.25, 0.3) is 5.91 Å². The SMILES string of the molecule is Cc1ccccc1C(=O)NC(CC(C)C)C(=O)N1CCc2ccccc2C1. The van der Waals surface area contributed by atoms with E-state index in [1.807, 2.05) is 42.2 Å². The predicted molar refractivity (Wildman–Crippen MR) is 107 cm³/mol. The van der Waals surface area contributed by atoms with Crippen molar-refractivity contribution in [2.45, 2.75) is 46.2 Å². The summed E-state index contributed by atoms with van der Waals surface area (Å²) in [4.78, 5) is 27.9. The molecule has 4 heteroatoms. The Morgan fingerprint density at radius 1 is 1.04 bits per heavy atom. The fourth-order valence-corrected chi connectivity index (χ4v) is 3.66. The zero-order valence-corrected chi connectivity index (χ0v) is 16.4. The van der Waals surface area contributed by atoms with Crippen LogP contribution in [0.1, 0.15) is 47.3 Å². The van der Waals surface area contributed by atoms with Gasteiger partial charge in [-0.15, -0.1) is 0 Å². The zero-order valence-electron chi connectivity index (χ0n) is 16.4. The molecule has 2 aromatic rings. The molecule has 0 bridgehead atoms. The lowest BCUT2D eigenvalue weighted by Gasteiger charge is -2.32. The van der Waals surface area contributed by atoms with Crippen LogP contribution in [0, 0.1) is 12.8 Å². The molecule has 0 spiro atoms. The molecule has 1 aliphatic rings. The van der Waals surface area contributed by atoms with Crippen LogP contribution in [0.25, 0.3) is 0 Å². The molecule has 1 unspecified atom stereocenters. The molecule has 2 amide bonds. The van der Waals surface area contributed by atoms with Crippen LogP contribution in [-0.2, 0) is 17.8 Å². The van der Waals surface area contributed by atoms with Crippen molar-refractivity contribution in [2.75, 3.05) is 6.54 Å². The number of nitrogens with zero attached hydrogens (tertiary/aromatic N) is 1. The van der Waals surface area contributed by atoms with E-state index >= 15 is 0 Å². The molecular weight excluding hydrogens is 336 g/mol. The van der Waals surface area contributed by atoms with E-state index in [1.165, 1.54) is 11.1 Å². The van der Waals surface area contributed by atoms with Crippen LogP contribution in [-0.4, -0.2) is 29.3 Å². The van der Waals surface area contributed by atoms with Gasteiger partial charge in [0.05, 0.1) is 0 Å². The van der Waals surface area contributed by atoms with E-state index in [0.717, 1.165) is 12.0 Å². The van der Waals surface area contributed by atoms with Crippen LogP contribution in [0.2, 0.25) is 0 Å². The minimum absolute atomic E-state index is 0.0140. The first-order valence-corrected chi connectivity index (χ1v) is 9.67. The highest BCUT2D eigenvalue weighted by Gasteiger charge is 2.29. The summed E-state index contributed by atoms with van der Waals surface area (Å²) >= 11 is 0. The number of amides is 2. The van der Waals surface area contributed by atoms with Gasteiger partial charge in [0.2, 0.25) is 5.91 Å². The summed E-state index contributed by atoms with van der Waals surface area (Å²) in [5, 5.41) is 3.00. The summed E-state index contributed by atoms with van der Waals surface area (Å²) in [6.07, 6.45) is 1.50. The highest BCUT2D eigenvalue weighted by Crippen LogP contribution is 2.20. The van der Waals surface area contributed by atoms with Gasteiger partial charge in [0.1, 0.15) is 6.04 Å². The second kappa shape index (κ2) is 8.38. The maximum atomic E-state index is 13.2.